The van der Waals surface area contributed by atoms with Crippen molar-refractivity contribution in [1.82, 2.24) is 0 Å². The molecule has 7 rings (SSSR count). The van der Waals surface area contributed by atoms with Gasteiger partial charge in [-0.05, 0) is 98.1 Å². The summed E-state index contributed by atoms with van der Waals surface area (Å²) in [5.74, 6) is 4.02. The van der Waals surface area contributed by atoms with Crippen LogP contribution < -0.4 is 0 Å². The van der Waals surface area contributed by atoms with Gasteiger partial charge in [-0.25, -0.2) is 0 Å². The van der Waals surface area contributed by atoms with Crippen molar-refractivity contribution in [2.24, 2.45) is 17.3 Å². The molecule has 0 saturated heterocycles. The third-order valence-corrected chi connectivity index (χ3v) is 7.93. The molecule has 1 aromatic carbocycles. The topological polar surface area (TPSA) is 0 Å². The smallest absolute Gasteiger partial charge is 0.00262 e. The molecule has 0 amide bonds. The molecule has 0 aliphatic heterocycles. The maximum absolute atomic E-state index is 2.52. The zero-order valence-electron chi connectivity index (χ0n) is 13.6. The van der Waals surface area contributed by atoms with Crippen molar-refractivity contribution in [2.75, 3.05) is 0 Å². The van der Waals surface area contributed by atoms with Gasteiger partial charge in [-0.15, -0.1) is 0 Å². The summed E-state index contributed by atoms with van der Waals surface area (Å²) in [6.45, 7) is 2.31. The standard InChI is InChI=1S/C22H25/c1-14-7-17-3-2-4-20(19(17)8-14)22-12-15-9-16(13-22)11-18(10-15)21(22)5-6-21/h2-4,8,15-16H,5-7,9-13H2,1H3. The molecule has 5 saturated carbocycles. The van der Waals surface area contributed by atoms with Crippen molar-refractivity contribution in [2.45, 2.75) is 63.7 Å². The van der Waals surface area contributed by atoms with Gasteiger partial charge in [-0.2, -0.15) is 0 Å². The van der Waals surface area contributed by atoms with Gasteiger partial charge in [0.05, 0.1) is 0 Å². The summed E-state index contributed by atoms with van der Waals surface area (Å²) >= 11 is 0. The highest BCUT2D eigenvalue weighted by Crippen LogP contribution is 2.79. The second-order valence-corrected chi connectivity index (χ2v) is 9.10. The Bertz CT molecular complexity index is 689. The van der Waals surface area contributed by atoms with Gasteiger partial charge in [-0.1, -0.05) is 29.8 Å². The Morgan fingerprint density at radius 2 is 1.77 bits per heavy atom. The zero-order chi connectivity index (χ0) is 14.5. The van der Waals surface area contributed by atoms with Crippen LogP contribution >= 0.6 is 0 Å². The summed E-state index contributed by atoms with van der Waals surface area (Å²) < 4.78 is 0. The molecular formula is C22H25. The molecule has 0 aromatic heterocycles. The first-order chi connectivity index (χ1) is 10.7. The Morgan fingerprint density at radius 3 is 2.50 bits per heavy atom. The summed E-state index contributed by atoms with van der Waals surface area (Å²) in [6.07, 6.45) is 14.2. The van der Waals surface area contributed by atoms with E-state index in [0.717, 1.165) is 11.8 Å². The van der Waals surface area contributed by atoms with Gasteiger partial charge in [0.2, 0.25) is 0 Å². The Labute approximate surface area is 134 Å². The maximum atomic E-state index is 2.52. The highest BCUT2D eigenvalue weighted by molar-refractivity contribution is 5.69. The SMILES string of the molecule is CC1=Cc2c(cccc2C23CC4C[C](CC(C4)C2)C32CC2)C1. The summed E-state index contributed by atoms with van der Waals surface area (Å²) in [4.78, 5) is 0. The predicted octanol–water partition coefficient (Wildman–Crippen LogP) is 5.46. The fraction of sp³-hybridized carbons (Fsp3) is 0.591. The van der Waals surface area contributed by atoms with Crippen LogP contribution in [0.2, 0.25) is 0 Å². The molecule has 6 aliphatic rings. The third kappa shape index (κ3) is 1.29. The predicted molar refractivity (Wildman–Crippen MR) is 90.5 cm³/mol. The number of benzene rings is 1. The quantitative estimate of drug-likeness (QED) is 0.644. The van der Waals surface area contributed by atoms with E-state index in [1.165, 1.54) is 51.4 Å². The Hall–Kier alpha value is -1.04. The lowest BCUT2D eigenvalue weighted by molar-refractivity contribution is -0.00242. The molecule has 4 bridgehead atoms. The number of rotatable bonds is 1. The van der Waals surface area contributed by atoms with Crippen LogP contribution in [0.5, 0.6) is 0 Å². The summed E-state index contributed by atoms with van der Waals surface area (Å²) in [6, 6.07) is 7.25. The van der Waals surface area contributed by atoms with Gasteiger partial charge < -0.3 is 0 Å². The molecule has 5 fully saturated rings. The van der Waals surface area contributed by atoms with Gasteiger partial charge in [0, 0.05) is 5.41 Å². The maximum Gasteiger partial charge on any atom is 0.00262 e. The minimum Gasteiger partial charge on any atom is -0.0683 e. The molecule has 22 heavy (non-hydrogen) atoms. The van der Waals surface area contributed by atoms with E-state index in [4.69, 9.17) is 0 Å². The summed E-state index contributed by atoms with van der Waals surface area (Å²) in [7, 11) is 0. The van der Waals surface area contributed by atoms with E-state index in [1.807, 2.05) is 5.92 Å². The van der Waals surface area contributed by atoms with Crippen molar-refractivity contribution in [1.29, 1.82) is 0 Å². The first kappa shape index (κ1) is 12.4. The van der Waals surface area contributed by atoms with Crippen LogP contribution in [0.1, 0.15) is 68.6 Å². The average molecular weight is 289 g/mol. The fourth-order valence-corrected chi connectivity index (χ4v) is 7.31. The van der Waals surface area contributed by atoms with E-state index in [2.05, 4.69) is 31.2 Å². The molecule has 1 aromatic rings. The molecule has 6 aliphatic carbocycles. The van der Waals surface area contributed by atoms with Gasteiger partial charge in [0.1, 0.15) is 0 Å². The minimum absolute atomic E-state index is 0.527. The number of allylic oxidation sites excluding steroid dienone is 1. The second kappa shape index (κ2) is 3.71. The first-order valence-electron chi connectivity index (χ1n) is 9.35. The van der Waals surface area contributed by atoms with Crippen LogP contribution in [-0.4, -0.2) is 0 Å². The van der Waals surface area contributed by atoms with Crippen LogP contribution in [0.25, 0.3) is 6.08 Å². The highest BCUT2D eigenvalue weighted by atomic mass is 14.7. The lowest BCUT2D eigenvalue weighted by Crippen LogP contribution is -2.56. The molecule has 1 spiro atoms. The molecule has 0 heteroatoms. The lowest BCUT2D eigenvalue weighted by Gasteiger charge is -2.63. The Kier molecular flexibility index (Phi) is 2.09. The average Bonchev–Trinajstić information content (AvgIpc) is 3.20. The van der Waals surface area contributed by atoms with E-state index in [9.17, 15) is 0 Å². The molecule has 2 unspecified atom stereocenters. The monoisotopic (exact) mass is 289 g/mol. The molecule has 0 heterocycles. The molecule has 0 N–H and O–H groups in total. The van der Waals surface area contributed by atoms with Crippen LogP contribution in [0, 0.1) is 23.2 Å². The Balaban J connectivity index is 1.59. The molecule has 113 valence electrons. The number of hydrogen-bond donors (Lipinski definition) is 0. The Morgan fingerprint density at radius 1 is 1.00 bits per heavy atom. The number of fused-ring (bicyclic) bond motifs is 1. The van der Waals surface area contributed by atoms with Crippen molar-refractivity contribution in [3.8, 4) is 0 Å². The van der Waals surface area contributed by atoms with Gasteiger partial charge >= 0.3 is 0 Å². The lowest BCUT2D eigenvalue weighted by atomic mass is 9.41. The molecule has 2 atom stereocenters. The van der Waals surface area contributed by atoms with E-state index < -0.39 is 0 Å². The largest absolute Gasteiger partial charge is 0.0683 e. The van der Waals surface area contributed by atoms with E-state index in [1.54, 1.807) is 22.3 Å². The van der Waals surface area contributed by atoms with Gasteiger partial charge in [0.15, 0.2) is 0 Å². The van der Waals surface area contributed by atoms with Crippen LogP contribution in [0.15, 0.2) is 23.8 Å². The number of hydrogen-bond acceptors (Lipinski definition) is 0. The first-order valence-corrected chi connectivity index (χ1v) is 9.35. The van der Waals surface area contributed by atoms with Gasteiger partial charge in [-0.3, -0.25) is 0 Å². The van der Waals surface area contributed by atoms with Gasteiger partial charge in [0.25, 0.3) is 0 Å². The summed E-state index contributed by atoms with van der Waals surface area (Å²) in [5, 5.41) is 0. The van der Waals surface area contributed by atoms with Crippen molar-refractivity contribution < 1.29 is 0 Å². The van der Waals surface area contributed by atoms with Crippen LogP contribution in [0.4, 0.5) is 0 Å². The van der Waals surface area contributed by atoms with Crippen molar-refractivity contribution in [3.05, 3.63) is 46.4 Å². The van der Waals surface area contributed by atoms with Crippen molar-refractivity contribution >= 4 is 6.08 Å². The van der Waals surface area contributed by atoms with E-state index in [-0.39, 0.29) is 0 Å². The minimum atomic E-state index is 0.527. The highest BCUT2D eigenvalue weighted by Gasteiger charge is 2.71. The van der Waals surface area contributed by atoms with Crippen LogP contribution in [-0.2, 0) is 11.8 Å². The fourth-order valence-electron chi connectivity index (χ4n) is 7.31. The zero-order valence-corrected chi connectivity index (χ0v) is 13.6. The van der Waals surface area contributed by atoms with Crippen LogP contribution in [0.3, 0.4) is 0 Å². The third-order valence-electron chi connectivity index (χ3n) is 7.93. The summed E-state index contributed by atoms with van der Waals surface area (Å²) in [5.41, 5.74) is 7.72. The molecule has 1 radical (unpaired) electrons. The van der Waals surface area contributed by atoms with Crippen molar-refractivity contribution in [3.63, 3.8) is 0 Å². The van der Waals surface area contributed by atoms with E-state index >= 15 is 0 Å². The molecule has 0 nitrogen and oxygen atoms in total. The second-order valence-electron chi connectivity index (χ2n) is 9.10. The molecular weight excluding hydrogens is 264 g/mol. The normalized spacial score (nSPS) is 40.1. The van der Waals surface area contributed by atoms with E-state index in [0.29, 0.717) is 10.8 Å².